The number of hydrogen-bond acceptors (Lipinski definition) is 7. The van der Waals surface area contributed by atoms with E-state index in [0.717, 1.165) is 34.0 Å². The number of nitrogens with zero attached hydrogens (tertiary/aromatic N) is 2. The van der Waals surface area contributed by atoms with Crippen LogP contribution in [0.2, 0.25) is 0 Å². The van der Waals surface area contributed by atoms with Crippen LogP contribution in [0.3, 0.4) is 0 Å². The van der Waals surface area contributed by atoms with Crippen molar-refractivity contribution in [3.63, 3.8) is 0 Å². The Kier molecular flexibility index (Phi) is 4.83. The van der Waals surface area contributed by atoms with Gasteiger partial charge in [0.25, 0.3) is 0 Å². The lowest BCUT2D eigenvalue weighted by atomic mass is 9.90. The zero-order chi connectivity index (χ0) is 16.6. The van der Waals surface area contributed by atoms with Gasteiger partial charge in [0.15, 0.2) is 5.16 Å². The van der Waals surface area contributed by atoms with Gasteiger partial charge >= 0.3 is 0 Å². The summed E-state index contributed by atoms with van der Waals surface area (Å²) in [5.41, 5.74) is 1.18. The fourth-order valence-electron chi connectivity index (χ4n) is 2.74. The lowest BCUT2D eigenvalue weighted by Gasteiger charge is -2.33. The molecule has 23 heavy (non-hydrogen) atoms. The molecule has 126 valence electrons. The van der Waals surface area contributed by atoms with E-state index in [0.29, 0.717) is 13.2 Å². The van der Waals surface area contributed by atoms with Crippen LogP contribution >= 0.6 is 23.1 Å². The summed E-state index contributed by atoms with van der Waals surface area (Å²) in [7, 11) is 0. The van der Waals surface area contributed by atoms with Gasteiger partial charge in [-0.05, 0) is 32.1 Å². The van der Waals surface area contributed by atoms with Crippen molar-refractivity contribution in [3.05, 3.63) is 10.4 Å². The summed E-state index contributed by atoms with van der Waals surface area (Å²) in [5, 5.41) is 14.7. The van der Waals surface area contributed by atoms with Gasteiger partial charge in [-0.1, -0.05) is 18.7 Å². The second-order valence-corrected chi connectivity index (χ2v) is 8.10. The van der Waals surface area contributed by atoms with Crippen molar-refractivity contribution in [2.75, 3.05) is 18.1 Å². The maximum atomic E-state index is 9.59. The summed E-state index contributed by atoms with van der Waals surface area (Å²) in [6, 6.07) is 0. The minimum absolute atomic E-state index is 0.124. The topological polar surface area (TPSA) is 67.3 Å². The third-order valence-corrected chi connectivity index (χ3v) is 5.96. The summed E-state index contributed by atoms with van der Waals surface area (Å²) in [4.78, 5) is 11.6. The number of aliphatic hydroxyl groups is 1. The van der Waals surface area contributed by atoms with E-state index >= 15 is 0 Å². The summed E-state index contributed by atoms with van der Waals surface area (Å²) in [6.45, 7) is 7.22. The van der Waals surface area contributed by atoms with Crippen molar-refractivity contribution >= 4 is 39.1 Å². The highest BCUT2D eigenvalue weighted by molar-refractivity contribution is 7.98. The van der Waals surface area contributed by atoms with E-state index in [1.54, 1.807) is 18.3 Å². The smallest absolute Gasteiger partial charge is 0.190 e. The van der Waals surface area contributed by atoms with Gasteiger partial charge in [0, 0.05) is 17.8 Å². The standard InChI is InChI=1S/C16H23N3O2S2/c1-5-16(3)6-10-11(8-21-16)23-14-12(10)13(17-7-9(2)20)18-15(19-14)22-4/h9,20H,5-8H2,1-4H3,(H,17,18,19). The van der Waals surface area contributed by atoms with E-state index in [1.807, 2.05) is 6.26 Å². The number of aromatic nitrogens is 2. The molecule has 3 rings (SSSR count). The van der Waals surface area contributed by atoms with Crippen molar-refractivity contribution in [1.82, 2.24) is 9.97 Å². The van der Waals surface area contributed by atoms with E-state index in [1.165, 1.54) is 22.2 Å². The Morgan fingerprint density at radius 1 is 1.48 bits per heavy atom. The molecule has 0 aliphatic carbocycles. The Balaban J connectivity index is 2.11. The predicted molar refractivity (Wildman–Crippen MR) is 96.6 cm³/mol. The third-order valence-electron chi connectivity index (χ3n) is 4.31. The molecule has 0 radical (unpaired) electrons. The van der Waals surface area contributed by atoms with Crippen LogP contribution in [0.5, 0.6) is 0 Å². The summed E-state index contributed by atoms with van der Waals surface area (Å²) >= 11 is 3.23. The van der Waals surface area contributed by atoms with Gasteiger partial charge in [-0.15, -0.1) is 11.3 Å². The minimum atomic E-state index is -0.420. The molecule has 2 aromatic rings. The third kappa shape index (κ3) is 3.33. The van der Waals surface area contributed by atoms with Crippen LogP contribution in [-0.2, 0) is 17.8 Å². The monoisotopic (exact) mass is 353 g/mol. The maximum Gasteiger partial charge on any atom is 0.190 e. The van der Waals surface area contributed by atoms with E-state index in [-0.39, 0.29) is 5.60 Å². The fourth-order valence-corrected chi connectivity index (χ4v) is 4.27. The normalized spacial score (nSPS) is 22.1. The average molecular weight is 354 g/mol. The molecule has 0 fully saturated rings. The molecule has 2 N–H and O–H groups in total. The molecule has 3 heterocycles. The number of hydrogen-bond donors (Lipinski definition) is 2. The van der Waals surface area contributed by atoms with Crippen LogP contribution in [0.25, 0.3) is 10.2 Å². The number of nitrogens with one attached hydrogen (secondary N) is 1. The summed E-state index contributed by atoms with van der Waals surface area (Å²) in [5.74, 6) is 0.832. The van der Waals surface area contributed by atoms with E-state index in [9.17, 15) is 5.11 Å². The summed E-state index contributed by atoms with van der Waals surface area (Å²) < 4.78 is 6.06. The van der Waals surface area contributed by atoms with E-state index < -0.39 is 6.10 Å². The van der Waals surface area contributed by atoms with Crippen molar-refractivity contribution in [2.45, 2.75) is 57.1 Å². The van der Waals surface area contributed by atoms with Crippen LogP contribution in [0.15, 0.2) is 5.16 Å². The number of fused-ring (bicyclic) bond motifs is 3. The van der Waals surface area contributed by atoms with Gasteiger partial charge in [0.05, 0.1) is 23.7 Å². The number of thioether (sulfide) groups is 1. The molecular formula is C16H23N3O2S2. The summed E-state index contributed by atoms with van der Waals surface area (Å²) in [6.07, 6.45) is 3.41. The molecule has 0 bridgehead atoms. The Bertz CT molecular complexity index is 717. The molecule has 1 aliphatic rings. The molecule has 2 unspecified atom stereocenters. The molecule has 0 saturated carbocycles. The van der Waals surface area contributed by atoms with E-state index in [4.69, 9.17) is 4.74 Å². The van der Waals surface area contributed by atoms with Crippen LogP contribution in [0.1, 0.15) is 37.6 Å². The Morgan fingerprint density at radius 3 is 2.91 bits per heavy atom. The Hall–Kier alpha value is -0.890. The van der Waals surface area contributed by atoms with Gasteiger partial charge in [-0.2, -0.15) is 0 Å². The Labute approximate surface area is 144 Å². The van der Waals surface area contributed by atoms with Gasteiger partial charge in [-0.3, -0.25) is 0 Å². The first-order valence-corrected chi connectivity index (χ1v) is 9.92. The zero-order valence-corrected chi connectivity index (χ0v) is 15.6. The van der Waals surface area contributed by atoms with Gasteiger partial charge in [-0.25, -0.2) is 9.97 Å². The van der Waals surface area contributed by atoms with Gasteiger partial charge in [0.1, 0.15) is 10.6 Å². The highest BCUT2D eigenvalue weighted by Crippen LogP contribution is 2.42. The maximum absolute atomic E-state index is 9.59. The van der Waals surface area contributed by atoms with Crippen molar-refractivity contribution in [1.29, 1.82) is 0 Å². The molecule has 7 heteroatoms. The first kappa shape index (κ1) is 17.0. The van der Waals surface area contributed by atoms with Crippen LogP contribution in [0.4, 0.5) is 5.82 Å². The van der Waals surface area contributed by atoms with Gasteiger partial charge < -0.3 is 15.2 Å². The quantitative estimate of drug-likeness (QED) is 0.634. The second-order valence-electron chi connectivity index (χ2n) is 6.24. The van der Waals surface area contributed by atoms with Crippen LogP contribution < -0.4 is 5.32 Å². The predicted octanol–water partition coefficient (Wildman–Crippen LogP) is 3.45. The molecule has 2 atom stereocenters. The number of rotatable bonds is 5. The highest BCUT2D eigenvalue weighted by atomic mass is 32.2. The molecule has 0 spiro atoms. The highest BCUT2D eigenvalue weighted by Gasteiger charge is 2.33. The first-order valence-electron chi connectivity index (χ1n) is 7.88. The number of thiophene rings is 1. The van der Waals surface area contributed by atoms with Gasteiger partial charge in [0.2, 0.25) is 0 Å². The SMILES string of the molecule is CCC1(C)Cc2c(sc3nc(SC)nc(NCC(C)O)c23)CO1. The molecule has 1 aliphatic heterocycles. The minimum Gasteiger partial charge on any atom is -0.392 e. The molecule has 0 amide bonds. The molecule has 2 aromatic heterocycles. The number of aliphatic hydroxyl groups excluding tert-OH is 1. The second kappa shape index (κ2) is 6.55. The van der Waals surface area contributed by atoms with Crippen LogP contribution in [0, 0.1) is 0 Å². The number of ether oxygens (including phenoxy) is 1. The molecule has 5 nitrogen and oxygen atoms in total. The lowest BCUT2D eigenvalue weighted by molar-refractivity contribution is -0.0542. The molecule has 0 aromatic carbocycles. The largest absolute Gasteiger partial charge is 0.392 e. The average Bonchev–Trinajstić information content (AvgIpc) is 2.89. The van der Waals surface area contributed by atoms with Crippen molar-refractivity contribution in [3.8, 4) is 0 Å². The number of anilines is 1. The van der Waals surface area contributed by atoms with Crippen molar-refractivity contribution in [2.24, 2.45) is 0 Å². The zero-order valence-electron chi connectivity index (χ0n) is 14.0. The van der Waals surface area contributed by atoms with E-state index in [2.05, 4.69) is 29.1 Å². The van der Waals surface area contributed by atoms with Crippen molar-refractivity contribution < 1.29 is 9.84 Å². The lowest BCUT2D eigenvalue weighted by Crippen LogP contribution is -2.34. The molecule has 0 saturated heterocycles. The Morgan fingerprint density at radius 2 is 2.26 bits per heavy atom. The molecular weight excluding hydrogens is 330 g/mol. The first-order chi connectivity index (χ1) is 11.0. The fraction of sp³-hybridized carbons (Fsp3) is 0.625. The van der Waals surface area contributed by atoms with Crippen LogP contribution in [-0.4, -0.2) is 39.6 Å².